The molecule has 0 radical (unpaired) electrons. The third-order valence-corrected chi connectivity index (χ3v) is 4.60. The maximum atomic E-state index is 12.0. The summed E-state index contributed by atoms with van der Waals surface area (Å²) in [7, 11) is 1.54. The molecule has 8 heteroatoms. The van der Waals surface area contributed by atoms with E-state index >= 15 is 0 Å². The summed E-state index contributed by atoms with van der Waals surface area (Å²) in [6, 6.07) is 5.09. The molecule has 6 nitrogen and oxygen atoms in total. The van der Waals surface area contributed by atoms with E-state index in [1.807, 2.05) is 4.90 Å². The van der Waals surface area contributed by atoms with Crippen molar-refractivity contribution in [1.29, 1.82) is 0 Å². The van der Waals surface area contributed by atoms with Gasteiger partial charge in [0.1, 0.15) is 5.75 Å². The lowest BCUT2D eigenvalue weighted by molar-refractivity contribution is -0.129. The average Bonchev–Trinajstić information content (AvgIpc) is 2.55. The minimum absolute atomic E-state index is 0. The fourth-order valence-electron chi connectivity index (χ4n) is 2.47. The van der Waals surface area contributed by atoms with Gasteiger partial charge in [-0.25, -0.2) is 0 Å². The van der Waals surface area contributed by atoms with E-state index in [2.05, 4.69) is 5.32 Å². The van der Waals surface area contributed by atoms with E-state index in [9.17, 15) is 9.59 Å². The van der Waals surface area contributed by atoms with Gasteiger partial charge in [0, 0.05) is 18.8 Å². The molecule has 1 aliphatic heterocycles. The van der Waals surface area contributed by atoms with Crippen LogP contribution in [-0.4, -0.2) is 48.4 Å². The summed E-state index contributed by atoms with van der Waals surface area (Å²) < 4.78 is 5.07. The van der Waals surface area contributed by atoms with Crippen LogP contribution in [0.2, 0.25) is 0 Å². The van der Waals surface area contributed by atoms with Crippen molar-refractivity contribution in [3.05, 3.63) is 18.2 Å². The van der Waals surface area contributed by atoms with Crippen molar-refractivity contribution < 1.29 is 14.3 Å². The Morgan fingerprint density at radius 3 is 2.58 bits per heavy atom. The molecule has 0 spiro atoms. The van der Waals surface area contributed by atoms with Crippen molar-refractivity contribution in [3.8, 4) is 5.75 Å². The summed E-state index contributed by atoms with van der Waals surface area (Å²) in [5.41, 5.74) is 6.89. The second kappa shape index (κ2) is 10.3. The standard InChI is InChI=1S/C16H23N3O3S.ClH/c1-22-14-6-5-12(9-13(14)17)18-15(20)10-23-11-16(21)19-7-3-2-4-8-19;/h5-6,9H,2-4,7-8,10-11,17H2,1H3,(H,18,20);1H. The largest absolute Gasteiger partial charge is 0.495 e. The zero-order chi connectivity index (χ0) is 16.7. The van der Waals surface area contributed by atoms with E-state index in [0.717, 1.165) is 25.9 Å². The number of benzene rings is 1. The van der Waals surface area contributed by atoms with Gasteiger partial charge in [-0.2, -0.15) is 0 Å². The van der Waals surface area contributed by atoms with Gasteiger partial charge in [-0.3, -0.25) is 9.59 Å². The first-order valence-corrected chi connectivity index (χ1v) is 8.84. The van der Waals surface area contributed by atoms with Gasteiger partial charge in [-0.15, -0.1) is 24.2 Å². The minimum Gasteiger partial charge on any atom is -0.495 e. The lowest BCUT2D eigenvalue weighted by atomic mass is 10.1. The summed E-state index contributed by atoms with van der Waals surface area (Å²) in [6.07, 6.45) is 3.36. The molecule has 0 atom stereocenters. The maximum absolute atomic E-state index is 12.0. The monoisotopic (exact) mass is 373 g/mol. The molecule has 0 saturated carbocycles. The highest BCUT2D eigenvalue weighted by atomic mass is 35.5. The number of ether oxygens (including phenoxy) is 1. The number of nitrogens with zero attached hydrogens (tertiary/aromatic N) is 1. The molecule has 0 aliphatic carbocycles. The zero-order valence-corrected chi connectivity index (χ0v) is 15.4. The average molecular weight is 374 g/mol. The number of likely N-dealkylation sites (tertiary alicyclic amines) is 1. The molecule has 2 rings (SSSR count). The molecule has 2 amide bonds. The molecule has 1 aromatic rings. The first-order chi connectivity index (χ1) is 11.1. The van der Waals surface area contributed by atoms with E-state index in [1.165, 1.54) is 18.2 Å². The SMILES string of the molecule is COc1ccc(NC(=O)CSCC(=O)N2CCCCC2)cc1N.Cl. The molecule has 1 saturated heterocycles. The van der Waals surface area contributed by atoms with E-state index < -0.39 is 0 Å². The Morgan fingerprint density at radius 1 is 1.25 bits per heavy atom. The van der Waals surface area contributed by atoms with E-state index in [0.29, 0.717) is 22.9 Å². The number of nitrogen functional groups attached to an aromatic ring is 1. The lowest BCUT2D eigenvalue weighted by Crippen LogP contribution is -2.37. The summed E-state index contributed by atoms with van der Waals surface area (Å²) in [5, 5.41) is 2.77. The fraction of sp³-hybridized carbons (Fsp3) is 0.500. The van der Waals surface area contributed by atoms with Crippen molar-refractivity contribution in [1.82, 2.24) is 4.90 Å². The van der Waals surface area contributed by atoms with Crippen LogP contribution in [0.4, 0.5) is 11.4 Å². The summed E-state index contributed by atoms with van der Waals surface area (Å²) >= 11 is 1.34. The molecule has 0 aromatic heterocycles. The topological polar surface area (TPSA) is 84.7 Å². The predicted molar refractivity (Wildman–Crippen MR) is 101 cm³/mol. The predicted octanol–water partition coefficient (Wildman–Crippen LogP) is 2.38. The number of nitrogens with one attached hydrogen (secondary N) is 1. The number of hydrogen-bond acceptors (Lipinski definition) is 5. The van der Waals surface area contributed by atoms with Crippen molar-refractivity contribution in [3.63, 3.8) is 0 Å². The first kappa shape index (κ1) is 20.4. The summed E-state index contributed by atoms with van der Waals surface area (Å²) in [6.45, 7) is 1.69. The van der Waals surface area contributed by atoms with Gasteiger partial charge in [0.05, 0.1) is 24.3 Å². The van der Waals surface area contributed by atoms with Crippen LogP contribution in [0.15, 0.2) is 18.2 Å². The molecule has 0 unspecified atom stereocenters. The van der Waals surface area contributed by atoms with Crippen LogP contribution in [0.3, 0.4) is 0 Å². The molecular formula is C16H24ClN3O3S. The lowest BCUT2D eigenvalue weighted by Gasteiger charge is -2.26. The van der Waals surface area contributed by atoms with Crippen molar-refractivity contribution in [2.75, 3.05) is 42.8 Å². The number of piperidine rings is 1. The highest BCUT2D eigenvalue weighted by Gasteiger charge is 2.16. The number of carbonyl (C=O) groups excluding carboxylic acids is 2. The maximum Gasteiger partial charge on any atom is 0.234 e. The Kier molecular flexibility index (Phi) is 8.78. The highest BCUT2D eigenvalue weighted by Crippen LogP contribution is 2.24. The molecule has 0 bridgehead atoms. The molecular weight excluding hydrogens is 350 g/mol. The summed E-state index contributed by atoms with van der Waals surface area (Å²) in [4.78, 5) is 25.8. The van der Waals surface area contributed by atoms with Gasteiger partial charge in [-0.1, -0.05) is 0 Å². The second-order valence-corrected chi connectivity index (χ2v) is 6.42. The van der Waals surface area contributed by atoms with Crippen LogP contribution in [0.25, 0.3) is 0 Å². The van der Waals surface area contributed by atoms with Crippen molar-refractivity contribution in [2.45, 2.75) is 19.3 Å². The number of rotatable bonds is 6. The van der Waals surface area contributed by atoms with E-state index in [4.69, 9.17) is 10.5 Å². The minimum atomic E-state index is -0.147. The van der Waals surface area contributed by atoms with Crippen molar-refractivity contribution >= 4 is 47.4 Å². The normalized spacial score (nSPS) is 13.8. The Balaban J connectivity index is 0.00000288. The Labute approximate surface area is 152 Å². The number of amides is 2. The van der Waals surface area contributed by atoms with Gasteiger partial charge in [-0.05, 0) is 37.5 Å². The molecule has 1 aromatic carbocycles. The third-order valence-electron chi connectivity index (χ3n) is 3.68. The van der Waals surface area contributed by atoms with Crippen LogP contribution in [0.1, 0.15) is 19.3 Å². The third kappa shape index (κ3) is 6.13. The van der Waals surface area contributed by atoms with Crippen molar-refractivity contribution in [2.24, 2.45) is 0 Å². The number of nitrogens with two attached hydrogens (primary N) is 1. The number of hydrogen-bond donors (Lipinski definition) is 2. The van der Waals surface area contributed by atoms with Gasteiger partial charge >= 0.3 is 0 Å². The van der Waals surface area contributed by atoms with Gasteiger partial charge in [0.2, 0.25) is 11.8 Å². The van der Waals surface area contributed by atoms with E-state index in [-0.39, 0.29) is 30.0 Å². The van der Waals surface area contributed by atoms with Gasteiger partial charge in [0.15, 0.2) is 0 Å². The van der Waals surface area contributed by atoms with Crippen LogP contribution >= 0.6 is 24.2 Å². The number of thioether (sulfide) groups is 1. The smallest absolute Gasteiger partial charge is 0.234 e. The van der Waals surface area contributed by atoms with Crippen LogP contribution in [-0.2, 0) is 9.59 Å². The number of methoxy groups -OCH3 is 1. The van der Waals surface area contributed by atoms with Crippen LogP contribution in [0, 0.1) is 0 Å². The quantitative estimate of drug-likeness (QED) is 0.748. The van der Waals surface area contributed by atoms with Gasteiger partial charge in [0.25, 0.3) is 0 Å². The van der Waals surface area contributed by atoms with Crippen LogP contribution in [0.5, 0.6) is 5.75 Å². The Morgan fingerprint density at radius 2 is 1.96 bits per heavy atom. The summed E-state index contributed by atoms with van der Waals surface area (Å²) in [5.74, 6) is 1.13. The number of carbonyl (C=O) groups is 2. The first-order valence-electron chi connectivity index (χ1n) is 7.69. The number of anilines is 2. The van der Waals surface area contributed by atoms with Crippen LogP contribution < -0.4 is 15.8 Å². The zero-order valence-electron chi connectivity index (χ0n) is 13.7. The molecule has 1 fully saturated rings. The molecule has 1 heterocycles. The number of halogens is 1. The molecule has 1 aliphatic rings. The van der Waals surface area contributed by atoms with Gasteiger partial charge < -0.3 is 20.7 Å². The van der Waals surface area contributed by atoms with E-state index in [1.54, 1.807) is 25.3 Å². The highest BCUT2D eigenvalue weighted by molar-refractivity contribution is 8.00. The molecule has 134 valence electrons. The second-order valence-electron chi connectivity index (χ2n) is 5.44. The molecule has 24 heavy (non-hydrogen) atoms. The fourth-order valence-corrected chi connectivity index (χ4v) is 3.19. The Hall–Kier alpha value is -1.60. The Bertz CT molecular complexity index is 565. The molecule has 3 N–H and O–H groups in total.